The molecule has 5 heteroatoms. The van der Waals surface area contributed by atoms with Gasteiger partial charge < -0.3 is 4.74 Å². The monoisotopic (exact) mass is 243 g/mol. The molecule has 0 saturated carbocycles. The number of methoxy groups -OCH3 is 1. The normalized spacial score (nSPS) is 14.4. The molecule has 0 saturated heterocycles. The molecule has 0 aromatic heterocycles. The van der Waals surface area contributed by atoms with E-state index in [0.717, 1.165) is 5.56 Å². The summed E-state index contributed by atoms with van der Waals surface area (Å²) in [6, 6.07) is 7.16. The molecule has 1 aromatic carbocycles. The summed E-state index contributed by atoms with van der Waals surface area (Å²) in [7, 11) is 1.55. The van der Waals surface area contributed by atoms with E-state index >= 15 is 0 Å². The Morgan fingerprint density at radius 3 is 2.44 bits per heavy atom. The van der Waals surface area contributed by atoms with Crippen LogP contribution in [0.2, 0.25) is 5.02 Å². The molecule has 0 N–H and O–H groups in total. The maximum Gasteiger partial charge on any atom is 0.209 e. The Labute approximate surface area is 99.3 Å². The van der Waals surface area contributed by atoms with E-state index in [4.69, 9.17) is 16.3 Å². The van der Waals surface area contributed by atoms with Crippen molar-refractivity contribution < 1.29 is 9.66 Å². The predicted octanol–water partition coefficient (Wildman–Crippen LogP) is 2.94. The highest BCUT2D eigenvalue weighted by molar-refractivity contribution is 6.30. The van der Waals surface area contributed by atoms with Gasteiger partial charge in [-0.05, 0) is 17.7 Å². The molecule has 1 aromatic rings. The zero-order valence-corrected chi connectivity index (χ0v) is 9.98. The molecule has 0 aliphatic rings. The third kappa shape index (κ3) is 3.47. The topological polar surface area (TPSA) is 52.4 Å². The fraction of sp³-hybridized carbons (Fsp3) is 0.455. The second kappa shape index (κ2) is 5.82. The maximum atomic E-state index is 10.4. The Bertz CT molecular complexity index is 353. The van der Waals surface area contributed by atoms with E-state index in [1.165, 1.54) is 0 Å². The molecule has 0 aliphatic carbocycles. The van der Waals surface area contributed by atoms with Crippen molar-refractivity contribution in [2.75, 3.05) is 13.7 Å². The molecule has 0 spiro atoms. The fourth-order valence-electron chi connectivity index (χ4n) is 1.68. The van der Waals surface area contributed by atoms with Crippen LogP contribution in [0.4, 0.5) is 0 Å². The minimum absolute atomic E-state index is 0.110. The zero-order chi connectivity index (χ0) is 12.1. The van der Waals surface area contributed by atoms with Crippen LogP contribution >= 0.6 is 11.6 Å². The Balaban J connectivity index is 2.81. The van der Waals surface area contributed by atoms with Gasteiger partial charge in [0.25, 0.3) is 0 Å². The molecule has 0 fully saturated rings. The highest BCUT2D eigenvalue weighted by Crippen LogP contribution is 2.26. The van der Waals surface area contributed by atoms with Gasteiger partial charge in [-0.2, -0.15) is 0 Å². The molecule has 4 nitrogen and oxygen atoms in total. The van der Waals surface area contributed by atoms with E-state index in [2.05, 4.69) is 0 Å². The summed E-state index contributed by atoms with van der Waals surface area (Å²) >= 11 is 5.77. The average molecular weight is 244 g/mol. The van der Waals surface area contributed by atoms with Crippen molar-refractivity contribution in [1.82, 2.24) is 0 Å². The summed E-state index contributed by atoms with van der Waals surface area (Å²) in [5.74, 6) is -0.179. The average Bonchev–Trinajstić information content (AvgIpc) is 2.21. The van der Waals surface area contributed by atoms with Gasteiger partial charge in [0.15, 0.2) is 0 Å². The fourth-order valence-corrected chi connectivity index (χ4v) is 1.81. The zero-order valence-electron chi connectivity index (χ0n) is 9.22. The summed E-state index contributed by atoms with van der Waals surface area (Å²) < 4.78 is 5.29. The van der Waals surface area contributed by atoms with Crippen LogP contribution in [-0.2, 0) is 4.74 Å². The maximum absolute atomic E-state index is 10.4. The number of ether oxygens (including phenoxy) is 1. The lowest BCUT2D eigenvalue weighted by Gasteiger charge is -2.20. The van der Waals surface area contributed by atoms with Gasteiger partial charge in [-0.1, -0.05) is 30.7 Å². The number of hydrogen-bond donors (Lipinski definition) is 0. The lowest BCUT2D eigenvalue weighted by molar-refractivity contribution is -0.490. The van der Waals surface area contributed by atoms with Crippen molar-refractivity contribution in [1.29, 1.82) is 0 Å². The van der Waals surface area contributed by atoms with Crippen molar-refractivity contribution in [3.8, 4) is 0 Å². The van der Waals surface area contributed by atoms with Crippen LogP contribution in [0, 0.1) is 16.0 Å². The van der Waals surface area contributed by atoms with Crippen molar-refractivity contribution in [3.63, 3.8) is 0 Å². The molecular weight excluding hydrogens is 230 g/mol. The molecular formula is C11H14ClNO3. The van der Waals surface area contributed by atoms with E-state index in [-0.39, 0.29) is 23.5 Å². The molecule has 0 bridgehead atoms. The van der Waals surface area contributed by atoms with Crippen LogP contribution in [-0.4, -0.2) is 18.6 Å². The van der Waals surface area contributed by atoms with Crippen molar-refractivity contribution in [3.05, 3.63) is 45.0 Å². The smallest absolute Gasteiger partial charge is 0.209 e. The van der Waals surface area contributed by atoms with Crippen LogP contribution in [0.15, 0.2) is 24.3 Å². The van der Waals surface area contributed by atoms with Crippen molar-refractivity contribution >= 4 is 11.6 Å². The molecule has 1 rings (SSSR count). The van der Waals surface area contributed by atoms with Crippen LogP contribution in [0.5, 0.6) is 0 Å². The largest absolute Gasteiger partial charge is 0.376 e. The molecule has 2 atom stereocenters. The molecule has 0 amide bonds. The molecule has 0 radical (unpaired) electrons. The van der Waals surface area contributed by atoms with Gasteiger partial charge >= 0.3 is 0 Å². The van der Waals surface area contributed by atoms with Gasteiger partial charge in [0.2, 0.25) is 6.54 Å². The van der Waals surface area contributed by atoms with Gasteiger partial charge in [-0.25, -0.2) is 0 Å². The van der Waals surface area contributed by atoms with Crippen LogP contribution in [0.1, 0.15) is 18.6 Å². The second-order valence-corrected chi connectivity index (χ2v) is 4.14. The molecule has 16 heavy (non-hydrogen) atoms. The van der Waals surface area contributed by atoms with E-state index in [1.54, 1.807) is 26.2 Å². The number of nitro groups is 1. The van der Waals surface area contributed by atoms with Gasteiger partial charge in [0.05, 0.1) is 12.0 Å². The summed E-state index contributed by atoms with van der Waals surface area (Å²) in [6.45, 7) is 1.69. The van der Waals surface area contributed by atoms with E-state index in [1.807, 2.05) is 12.1 Å². The van der Waals surface area contributed by atoms with Crippen LogP contribution < -0.4 is 0 Å². The van der Waals surface area contributed by atoms with Crippen molar-refractivity contribution in [2.45, 2.75) is 13.0 Å². The Kier molecular flexibility index (Phi) is 4.71. The molecule has 0 heterocycles. The Morgan fingerprint density at radius 2 is 2.00 bits per heavy atom. The first-order chi connectivity index (χ1) is 7.54. The first-order valence-corrected chi connectivity index (χ1v) is 5.32. The van der Waals surface area contributed by atoms with Crippen molar-refractivity contribution in [2.24, 2.45) is 5.92 Å². The SMILES string of the molecule is CO[C@@H](c1ccc(Cl)cc1)[C@H](C)C[N+](=O)[O-]. The summed E-state index contributed by atoms with van der Waals surface area (Å²) in [5, 5.41) is 11.1. The van der Waals surface area contributed by atoms with Gasteiger partial charge in [0.1, 0.15) is 0 Å². The van der Waals surface area contributed by atoms with E-state index < -0.39 is 0 Å². The first kappa shape index (κ1) is 12.9. The third-order valence-electron chi connectivity index (χ3n) is 2.41. The summed E-state index contributed by atoms with van der Waals surface area (Å²) in [5.41, 5.74) is 0.904. The van der Waals surface area contributed by atoms with Gasteiger partial charge in [0, 0.05) is 17.1 Å². The number of hydrogen-bond acceptors (Lipinski definition) is 3. The van der Waals surface area contributed by atoms with Crippen LogP contribution in [0.3, 0.4) is 0 Å². The minimum Gasteiger partial charge on any atom is -0.376 e. The molecule has 0 aliphatic heterocycles. The molecule has 88 valence electrons. The summed E-state index contributed by atoms with van der Waals surface area (Å²) in [4.78, 5) is 10.1. The Morgan fingerprint density at radius 1 is 1.44 bits per heavy atom. The molecule has 0 unspecified atom stereocenters. The van der Waals surface area contributed by atoms with Gasteiger partial charge in [-0.15, -0.1) is 0 Å². The third-order valence-corrected chi connectivity index (χ3v) is 2.66. The predicted molar refractivity (Wildman–Crippen MR) is 62.2 cm³/mol. The second-order valence-electron chi connectivity index (χ2n) is 3.70. The number of benzene rings is 1. The lowest BCUT2D eigenvalue weighted by Crippen LogP contribution is -2.20. The van der Waals surface area contributed by atoms with E-state index in [0.29, 0.717) is 5.02 Å². The number of nitrogens with zero attached hydrogens (tertiary/aromatic N) is 1. The quantitative estimate of drug-likeness (QED) is 0.590. The number of rotatable bonds is 5. The number of halogens is 1. The summed E-state index contributed by atoms with van der Waals surface area (Å²) in [6.07, 6.45) is -0.275. The van der Waals surface area contributed by atoms with Crippen LogP contribution in [0.25, 0.3) is 0 Å². The van der Waals surface area contributed by atoms with Gasteiger partial charge in [-0.3, -0.25) is 10.1 Å². The van der Waals surface area contributed by atoms with E-state index in [9.17, 15) is 10.1 Å². The Hall–Kier alpha value is -1.13. The highest BCUT2D eigenvalue weighted by atomic mass is 35.5. The lowest BCUT2D eigenvalue weighted by atomic mass is 9.97. The minimum atomic E-state index is -0.327. The highest BCUT2D eigenvalue weighted by Gasteiger charge is 2.23. The first-order valence-electron chi connectivity index (χ1n) is 4.94. The standard InChI is InChI=1S/C11H14ClNO3/c1-8(7-13(14)15)11(16-2)9-3-5-10(12)6-4-9/h3-6,8,11H,7H2,1-2H3/t8-,11-/m1/s1.